The van der Waals surface area contributed by atoms with Crippen LogP contribution < -0.4 is 0 Å². The van der Waals surface area contributed by atoms with Crippen molar-refractivity contribution in [1.29, 1.82) is 0 Å². The van der Waals surface area contributed by atoms with Gasteiger partial charge in [0.1, 0.15) is 0 Å². The third-order valence-corrected chi connectivity index (χ3v) is 7.15. The van der Waals surface area contributed by atoms with Gasteiger partial charge in [0.15, 0.2) is 0 Å². The van der Waals surface area contributed by atoms with Crippen molar-refractivity contribution in [1.82, 2.24) is 9.80 Å². The fraction of sp³-hybridized carbons (Fsp3) is 0.500. The summed E-state index contributed by atoms with van der Waals surface area (Å²) in [5.41, 5.74) is 0. The van der Waals surface area contributed by atoms with Crippen LogP contribution in [0.3, 0.4) is 0 Å². The number of allylic oxidation sites excluding steroid dienone is 2. The molecule has 0 spiro atoms. The fourth-order valence-electron chi connectivity index (χ4n) is 6.34. The molecule has 2 aliphatic heterocycles. The van der Waals surface area contributed by atoms with Gasteiger partial charge < -0.3 is 0 Å². The van der Waals surface area contributed by atoms with Crippen LogP contribution in [0.5, 0.6) is 0 Å². The fourth-order valence-corrected chi connectivity index (χ4v) is 6.34. The molecule has 6 nitrogen and oxygen atoms in total. The van der Waals surface area contributed by atoms with E-state index in [-0.39, 0.29) is 72.2 Å². The highest BCUT2D eigenvalue weighted by atomic mass is 16.2. The van der Waals surface area contributed by atoms with Crippen LogP contribution in [-0.2, 0) is 19.2 Å². The van der Waals surface area contributed by atoms with Gasteiger partial charge in [-0.15, -0.1) is 13.2 Å². The molecule has 0 N–H and O–H groups in total. The van der Waals surface area contributed by atoms with Crippen molar-refractivity contribution in [3.8, 4) is 0 Å². The summed E-state index contributed by atoms with van der Waals surface area (Å²) in [6, 6.07) is 0. The molecule has 6 aliphatic rings. The first-order chi connectivity index (χ1) is 12.5. The van der Waals surface area contributed by atoms with E-state index in [1.165, 1.54) is 9.80 Å². The molecular weight excluding hydrogens is 332 g/mol. The highest BCUT2D eigenvalue weighted by Gasteiger charge is 2.74. The molecule has 6 heteroatoms. The lowest BCUT2D eigenvalue weighted by molar-refractivity contribution is -0.166. The van der Waals surface area contributed by atoms with E-state index in [1.54, 1.807) is 12.2 Å². The lowest BCUT2D eigenvalue weighted by atomic mass is 9.40. The van der Waals surface area contributed by atoms with E-state index in [4.69, 9.17) is 0 Å². The molecule has 2 bridgehead atoms. The molecule has 4 amide bonds. The predicted molar refractivity (Wildman–Crippen MR) is 90.9 cm³/mol. The van der Waals surface area contributed by atoms with Gasteiger partial charge in [-0.05, 0) is 23.7 Å². The molecule has 2 heterocycles. The molecule has 0 unspecified atom stereocenters. The summed E-state index contributed by atoms with van der Waals surface area (Å²) in [7, 11) is 0. The van der Waals surface area contributed by atoms with Crippen molar-refractivity contribution in [3.05, 3.63) is 37.5 Å². The molecule has 4 aliphatic carbocycles. The number of fused-ring (bicyclic) bond motifs is 1. The van der Waals surface area contributed by atoms with Crippen molar-refractivity contribution in [2.75, 3.05) is 13.1 Å². The minimum Gasteiger partial charge on any atom is -0.278 e. The normalized spacial score (nSPS) is 44.8. The van der Waals surface area contributed by atoms with Gasteiger partial charge in [-0.1, -0.05) is 24.3 Å². The average Bonchev–Trinajstić information content (AvgIpc) is 2.97. The number of rotatable bonds is 4. The van der Waals surface area contributed by atoms with Crippen LogP contribution >= 0.6 is 0 Å². The summed E-state index contributed by atoms with van der Waals surface area (Å²) in [4.78, 5) is 53.8. The van der Waals surface area contributed by atoms with Crippen LogP contribution in [0.1, 0.15) is 0 Å². The molecule has 2 saturated heterocycles. The Morgan fingerprint density at radius 3 is 1.38 bits per heavy atom. The molecular formula is C20H20N2O4. The molecule has 6 rings (SSSR count). The van der Waals surface area contributed by atoms with Gasteiger partial charge in [0, 0.05) is 13.1 Å². The van der Waals surface area contributed by atoms with E-state index in [0.717, 1.165) is 0 Å². The Morgan fingerprint density at radius 2 is 1.04 bits per heavy atom. The van der Waals surface area contributed by atoms with Crippen molar-refractivity contribution in [3.63, 3.8) is 0 Å². The summed E-state index contributed by atoms with van der Waals surface area (Å²) in [6.07, 6.45) is 7.15. The third-order valence-electron chi connectivity index (χ3n) is 7.15. The maximum atomic E-state index is 12.9. The predicted octanol–water partition coefficient (Wildman–Crippen LogP) is 0.623. The van der Waals surface area contributed by atoms with Crippen LogP contribution in [0.15, 0.2) is 37.5 Å². The highest BCUT2D eigenvalue weighted by Crippen LogP contribution is 2.68. The van der Waals surface area contributed by atoms with E-state index in [0.29, 0.717) is 0 Å². The zero-order valence-corrected chi connectivity index (χ0v) is 14.3. The maximum Gasteiger partial charge on any atom is 0.234 e. The van der Waals surface area contributed by atoms with E-state index in [9.17, 15) is 19.2 Å². The van der Waals surface area contributed by atoms with Gasteiger partial charge >= 0.3 is 0 Å². The second-order valence-corrected chi connectivity index (χ2v) is 7.95. The standard InChI is InChI=1S/C20H20N2O4/c1-3-7-21-17(23)13-9-5-6-10(14(13)18(21)24)12-11(9)15-16(12)20(26)22(8-4-2)19(15)25/h3-6,9-16H,1-2,7-8H2/t9-,10+,11+,12-,13+,14-,15+,16-. The Morgan fingerprint density at radius 1 is 0.692 bits per heavy atom. The zero-order chi connectivity index (χ0) is 18.3. The number of carbonyl (C=O) groups is 4. The van der Waals surface area contributed by atoms with E-state index in [1.807, 2.05) is 12.2 Å². The summed E-state index contributed by atoms with van der Waals surface area (Å²) in [6.45, 7) is 7.71. The van der Waals surface area contributed by atoms with Gasteiger partial charge in [0.25, 0.3) is 0 Å². The smallest absolute Gasteiger partial charge is 0.234 e. The lowest BCUT2D eigenvalue weighted by Gasteiger charge is -2.60. The summed E-state index contributed by atoms with van der Waals surface area (Å²) in [5, 5.41) is 0. The van der Waals surface area contributed by atoms with Crippen molar-refractivity contribution in [2.45, 2.75) is 0 Å². The monoisotopic (exact) mass is 352 g/mol. The van der Waals surface area contributed by atoms with Crippen molar-refractivity contribution < 1.29 is 19.2 Å². The highest BCUT2D eigenvalue weighted by molar-refractivity contribution is 6.09. The molecule has 2 saturated carbocycles. The second kappa shape index (κ2) is 5.02. The Bertz CT molecular complexity index is 759. The van der Waals surface area contributed by atoms with Gasteiger partial charge in [-0.25, -0.2) is 0 Å². The van der Waals surface area contributed by atoms with Crippen LogP contribution in [0.4, 0.5) is 0 Å². The maximum absolute atomic E-state index is 12.9. The molecule has 134 valence electrons. The molecule has 0 aromatic carbocycles. The summed E-state index contributed by atoms with van der Waals surface area (Å²) >= 11 is 0. The van der Waals surface area contributed by atoms with Crippen LogP contribution in [0.2, 0.25) is 0 Å². The number of hydrogen-bond acceptors (Lipinski definition) is 4. The molecule has 0 aromatic rings. The number of likely N-dealkylation sites (tertiary alicyclic amines) is 2. The van der Waals surface area contributed by atoms with Crippen LogP contribution in [0, 0.1) is 47.3 Å². The number of carbonyl (C=O) groups excluding carboxylic acids is 4. The lowest BCUT2D eigenvalue weighted by Crippen LogP contribution is -2.63. The van der Waals surface area contributed by atoms with Gasteiger partial charge in [-0.2, -0.15) is 0 Å². The Hall–Kier alpha value is -2.50. The Balaban J connectivity index is 1.53. The number of hydrogen-bond donors (Lipinski definition) is 0. The SMILES string of the molecule is C=CCN1C(=O)[C@@H]2[C@H]3C=C[C@@H]([C@@H]2C1=O)[C@@H]1[C@@H]2C(=O)N(CC=C)C(=O)[C@@H]2[C@H]31. The summed E-state index contributed by atoms with van der Waals surface area (Å²) in [5.74, 6) is -2.35. The number of amides is 4. The van der Waals surface area contributed by atoms with Crippen molar-refractivity contribution in [2.24, 2.45) is 47.3 Å². The third kappa shape index (κ3) is 1.54. The van der Waals surface area contributed by atoms with Crippen LogP contribution in [0.25, 0.3) is 0 Å². The average molecular weight is 352 g/mol. The first kappa shape index (κ1) is 15.7. The summed E-state index contributed by atoms with van der Waals surface area (Å²) < 4.78 is 0. The minimum atomic E-state index is -0.393. The van der Waals surface area contributed by atoms with Gasteiger partial charge in [0.2, 0.25) is 23.6 Å². The topological polar surface area (TPSA) is 74.8 Å². The molecule has 4 fully saturated rings. The molecule has 0 aromatic heterocycles. The first-order valence-corrected chi connectivity index (χ1v) is 9.13. The van der Waals surface area contributed by atoms with Crippen molar-refractivity contribution >= 4 is 23.6 Å². The van der Waals surface area contributed by atoms with E-state index < -0.39 is 11.8 Å². The van der Waals surface area contributed by atoms with Gasteiger partial charge in [-0.3, -0.25) is 29.0 Å². The number of imide groups is 2. The largest absolute Gasteiger partial charge is 0.278 e. The molecule has 8 atom stereocenters. The van der Waals surface area contributed by atoms with Crippen LogP contribution in [-0.4, -0.2) is 46.5 Å². The number of nitrogens with zero attached hydrogens (tertiary/aromatic N) is 2. The Labute approximate surface area is 151 Å². The second-order valence-electron chi connectivity index (χ2n) is 7.95. The molecule has 26 heavy (non-hydrogen) atoms. The first-order valence-electron chi connectivity index (χ1n) is 9.13. The zero-order valence-electron chi connectivity index (χ0n) is 14.3. The Kier molecular flexibility index (Phi) is 3.04. The minimum absolute atomic E-state index is 0.0112. The molecule has 0 radical (unpaired) electrons. The van der Waals surface area contributed by atoms with E-state index >= 15 is 0 Å². The van der Waals surface area contributed by atoms with Gasteiger partial charge in [0.05, 0.1) is 23.7 Å². The van der Waals surface area contributed by atoms with E-state index in [2.05, 4.69) is 13.2 Å². The quantitative estimate of drug-likeness (QED) is 0.549.